The Bertz CT molecular complexity index is 488. The van der Waals surface area contributed by atoms with Crippen molar-refractivity contribution in [2.45, 2.75) is 19.8 Å². The Morgan fingerprint density at radius 3 is 2.87 bits per heavy atom. The second kappa shape index (κ2) is 3.66. The molecule has 3 heteroatoms. The van der Waals surface area contributed by atoms with Gasteiger partial charge in [0.1, 0.15) is 5.82 Å². The molecule has 0 radical (unpaired) electrons. The first-order chi connectivity index (χ1) is 7.13. The quantitative estimate of drug-likeness (QED) is 0.779. The normalized spacial score (nSPS) is 13.3. The van der Waals surface area contributed by atoms with E-state index in [9.17, 15) is 4.39 Å². The van der Waals surface area contributed by atoms with Gasteiger partial charge in [-0.1, -0.05) is 6.92 Å². The molecule has 0 unspecified atom stereocenters. The van der Waals surface area contributed by atoms with Crippen LogP contribution in [0.2, 0.25) is 0 Å². The fourth-order valence-electron chi connectivity index (χ4n) is 1.81. The van der Waals surface area contributed by atoms with Crippen LogP contribution < -0.4 is 5.73 Å². The Hall–Kier alpha value is -1.35. The van der Waals surface area contributed by atoms with E-state index in [0.717, 1.165) is 16.5 Å². The summed E-state index contributed by atoms with van der Waals surface area (Å²) in [6.07, 6.45) is 1.92. The van der Waals surface area contributed by atoms with Gasteiger partial charge in [-0.3, -0.25) is 0 Å². The number of aryl methyl sites for hydroxylation is 1. The van der Waals surface area contributed by atoms with Crippen LogP contribution in [0.3, 0.4) is 0 Å². The molecular weight excluding hydrogens is 191 g/mol. The number of fused-ring (bicyclic) bond motifs is 1. The van der Waals surface area contributed by atoms with Crippen molar-refractivity contribution >= 4 is 10.9 Å². The molecule has 0 saturated carbocycles. The maximum absolute atomic E-state index is 13.3. The number of aromatic nitrogens is 1. The highest BCUT2D eigenvalue weighted by atomic mass is 19.1. The van der Waals surface area contributed by atoms with Crippen LogP contribution in [0.4, 0.5) is 4.39 Å². The standard InChI is InChI=1S/C12H15FN2/c1-7-3-9-10(8(2)5-14)6-15-12(9)4-11(7)13/h3-4,6,8,15H,5,14H2,1-2H3/t8-/m0/s1. The van der Waals surface area contributed by atoms with E-state index >= 15 is 0 Å². The summed E-state index contributed by atoms with van der Waals surface area (Å²) in [5, 5.41) is 1.08. The zero-order valence-corrected chi connectivity index (χ0v) is 8.97. The van der Waals surface area contributed by atoms with E-state index in [-0.39, 0.29) is 5.82 Å². The average Bonchev–Trinajstić information content (AvgIpc) is 2.61. The third-order valence-corrected chi connectivity index (χ3v) is 2.88. The summed E-state index contributed by atoms with van der Waals surface area (Å²) in [6.45, 7) is 4.45. The van der Waals surface area contributed by atoms with Crippen LogP contribution in [0.5, 0.6) is 0 Å². The molecule has 2 nitrogen and oxygen atoms in total. The molecule has 80 valence electrons. The number of aromatic amines is 1. The van der Waals surface area contributed by atoms with Gasteiger partial charge in [-0.15, -0.1) is 0 Å². The number of nitrogens with two attached hydrogens (primary N) is 1. The van der Waals surface area contributed by atoms with Crippen molar-refractivity contribution in [1.82, 2.24) is 4.98 Å². The van der Waals surface area contributed by atoms with E-state index in [0.29, 0.717) is 18.0 Å². The summed E-state index contributed by atoms with van der Waals surface area (Å²) >= 11 is 0. The molecule has 1 aromatic carbocycles. The molecule has 0 spiro atoms. The summed E-state index contributed by atoms with van der Waals surface area (Å²) in [6, 6.07) is 3.42. The molecule has 1 atom stereocenters. The van der Waals surface area contributed by atoms with Crippen LogP contribution >= 0.6 is 0 Å². The summed E-state index contributed by atoms with van der Waals surface area (Å²) in [4.78, 5) is 3.08. The third-order valence-electron chi connectivity index (χ3n) is 2.88. The SMILES string of the molecule is Cc1cc2c([C@@H](C)CN)c[nH]c2cc1F. The lowest BCUT2D eigenvalue weighted by atomic mass is 10.00. The Kier molecular flexibility index (Phi) is 2.49. The van der Waals surface area contributed by atoms with Crippen molar-refractivity contribution in [3.05, 3.63) is 35.3 Å². The number of H-pyrrole nitrogens is 1. The zero-order valence-electron chi connectivity index (χ0n) is 8.97. The molecule has 0 bridgehead atoms. The number of hydrogen-bond donors (Lipinski definition) is 2. The van der Waals surface area contributed by atoms with E-state index in [1.807, 2.05) is 12.3 Å². The minimum absolute atomic E-state index is 0.170. The minimum Gasteiger partial charge on any atom is -0.361 e. The summed E-state index contributed by atoms with van der Waals surface area (Å²) in [7, 11) is 0. The lowest BCUT2D eigenvalue weighted by molar-refractivity contribution is 0.620. The van der Waals surface area contributed by atoms with Crippen molar-refractivity contribution < 1.29 is 4.39 Å². The number of benzene rings is 1. The highest BCUT2D eigenvalue weighted by Gasteiger charge is 2.11. The van der Waals surface area contributed by atoms with Gasteiger partial charge in [-0.2, -0.15) is 0 Å². The molecule has 2 rings (SSSR count). The van der Waals surface area contributed by atoms with Gasteiger partial charge < -0.3 is 10.7 Å². The van der Waals surface area contributed by atoms with Crippen LogP contribution in [0.1, 0.15) is 24.0 Å². The number of halogens is 1. The van der Waals surface area contributed by atoms with E-state index < -0.39 is 0 Å². The average molecular weight is 206 g/mol. The summed E-state index contributed by atoms with van der Waals surface area (Å²) in [5.74, 6) is 0.125. The van der Waals surface area contributed by atoms with Gasteiger partial charge in [0.25, 0.3) is 0 Å². The molecule has 0 fully saturated rings. The fourth-order valence-corrected chi connectivity index (χ4v) is 1.81. The van der Waals surface area contributed by atoms with Gasteiger partial charge >= 0.3 is 0 Å². The Morgan fingerprint density at radius 2 is 2.20 bits per heavy atom. The summed E-state index contributed by atoms with van der Waals surface area (Å²) in [5.41, 5.74) is 8.31. The molecule has 15 heavy (non-hydrogen) atoms. The second-order valence-corrected chi connectivity index (χ2v) is 4.03. The maximum Gasteiger partial charge on any atom is 0.128 e. The van der Waals surface area contributed by atoms with Crippen LogP contribution in [-0.2, 0) is 0 Å². The fraction of sp³-hybridized carbons (Fsp3) is 0.333. The van der Waals surface area contributed by atoms with E-state index in [1.165, 1.54) is 6.07 Å². The predicted molar refractivity (Wildman–Crippen MR) is 60.5 cm³/mol. The molecule has 1 heterocycles. The number of nitrogens with one attached hydrogen (secondary N) is 1. The first-order valence-electron chi connectivity index (χ1n) is 5.10. The Morgan fingerprint density at radius 1 is 1.47 bits per heavy atom. The predicted octanol–water partition coefficient (Wildman–Crippen LogP) is 2.68. The molecule has 0 saturated heterocycles. The first-order valence-corrected chi connectivity index (χ1v) is 5.10. The lowest BCUT2D eigenvalue weighted by Gasteiger charge is -2.07. The Labute approximate surface area is 88.3 Å². The molecular formula is C12H15FN2. The van der Waals surface area contributed by atoms with Crippen molar-refractivity contribution in [3.8, 4) is 0 Å². The van der Waals surface area contributed by atoms with Crippen molar-refractivity contribution in [2.24, 2.45) is 5.73 Å². The van der Waals surface area contributed by atoms with E-state index in [4.69, 9.17) is 5.73 Å². The van der Waals surface area contributed by atoms with E-state index in [2.05, 4.69) is 11.9 Å². The van der Waals surface area contributed by atoms with Crippen molar-refractivity contribution in [3.63, 3.8) is 0 Å². The molecule has 3 N–H and O–H groups in total. The summed E-state index contributed by atoms with van der Waals surface area (Å²) < 4.78 is 13.3. The largest absolute Gasteiger partial charge is 0.361 e. The molecule has 0 aliphatic rings. The van der Waals surface area contributed by atoms with Crippen molar-refractivity contribution in [2.75, 3.05) is 6.54 Å². The highest BCUT2D eigenvalue weighted by Crippen LogP contribution is 2.26. The monoisotopic (exact) mass is 206 g/mol. The van der Waals surface area contributed by atoms with Gasteiger partial charge in [0.2, 0.25) is 0 Å². The topological polar surface area (TPSA) is 41.8 Å². The Balaban J connectivity index is 2.64. The third kappa shape index (κ3) is 1.63. The second-order valence-electron chi connectivity index (χ2n) is 4.03. The first kappa shape index (κ1) is 10.2. The van der Waals surface area contributed by atoms with Crippen LogP contribution in [-0.4, -0.2) is 11.5 Å². The number of rotatable bonds is 2. The molecule has 2 aromatic rings. The smallest absolute Gasteiger partial charge is 0.128 e. The highest BCUT2D eigenvalue weighted by molar-refractivity contribution is 5.84. The minimum atomic E-state index is -0.170. The molecule has 0 amide bonds. The zero-order chi connectivity index (χ0) is 11.0. The molecule has 1 aromatic heterocycles. The number of hydrogen-bond acceptors (Lipinski definition) is 1. The van der Waals surface area contributed by atoms with Gasteiger partial charge in [-0.25, -0.2) is 4.39 Å². The lowest BCUT2D eigenvalue weighted by Crippen LogP contribution is -2.08. The van der Waals surface area contributed by atoms with Gasteiger partial charge in [-0.05, 0) is 42.6 Å². The molecule has 0 aliphatic heterocycles. The van der Waals surface area contributed by atoms with Gasteiger partial charge in [0.15, 0.2) is 0 Å². The van der Waals surface area contributed by atoms with Crippen LogP contribution in [0.25, 0.3) is 10.9 Å². The van der Waals surface area contributed by atoms with Crippen molar-refractivity contribution in [1.29, 1.82) is 0 Å². The van der Waals surface area contributed by atoms with Crippen LogP contribution in [0, 0.1) is 12.7 Å². The molecule has 0 aliphatic carbocycles. The van der Waals surface area contributed by atoms with E-state index in [1.54, 1.807) is 6.92 Å². The van der Waals surface area contributed by atoms with Gasteiger partial charge in [0, 0.05) is 17.1 Å². The van der Waals surface area contributed by atoms with Crippen LogP contribution in [0.15, 0.2) is 18.3 Å². The maximum atomic E-state index is 13.3. The van der Waals surface area contributed by atoms with Gasteiger partial charge in [0.05, 0.1) is 0 Å².